The molecule has 1 unspecified atom stereocenters. The van der Waals surface area contributed by atoms with E-state index in [-0.39, 0.29) is 23.7 Å². The lowest BCUT2D eigenvalue weighted by molar-refractivity contribution is -0.145. The summed E-state index contributed by atoms with van der Waals surface area (Å²) >= 11 is 0. The molecule has 0 aromatic heterocycles. The Balaban J connectivity index is 2.10. The second-order valence-electron chi connectivity index (χ2n) is 5.28. The number of esters is 1. The zero-order valence-electron chi connectivity index (χ0n) is 11.9. The van der Waals surface area contributed by atoms with Crippen molar-refractivity contribution in [2.75, 3.05) is 11.9 Å². The SMILES string of the molecule is CCOC(=O)C(Nc1cccc(F)c1)C1CCCCC1. The van der Waals surface area contributed by atoms with Gasteiger partial charge in [0.1, 0.15) is 11.9 Å². The van der Waals surface area contributed by atoms with Crippen molar-refractivity contribution in [3.05, 3.63) is 30.1 Å². The molecule has 0 amide bonds. The maximum absolute atomic E-state index is 13.3. The zero-order chi connectivity index (χ0) is 14.4. The minimum Gasteiger partial charge on any atom is -0.464 e. The van der Waals surface area contributed by atoms with Crippen LogP contribution in [0.3, 0.4) is 0 Å². The van der Waals surface area contributed by atoms with Gasteiger partial charge in [0, 0.05) is 5.69 Å². The van der Waals surface area contributed by atoms with Crippen LogP contribution in [-0.4, -0.2) is 18.6 Å². The molecule has 3 nitrogen and oxygen atoms in total. The van der Waals surface area contributed by atoms with Crippen LogP contribution in [0.1, 0.15) is 39.0 Å². The van der Waals surface area contributed by atoms with E-state index in [0.29, 0.717) is 12.3 Å². The highest BCUT2D eigenvalue weighted by atomic mass is 19.1. The minimum atomic E-state index is -0.378. The van der Waals surface area contributed by atoms with Crippen molar-refractivity contribution < 1.29 is 13.9 Å². The zero-order valence-corrected chi connectivity index (χ0v) is 11.9. The van der Waals surface area contributed by atoms with Gasteiger partial charge < -0.3 is 10.1 Å². The van der Waals surface area contributed by atoms with Crippen LogP contribution in [-0.2, 0) is 9.53 Å². The molecule has 1 fully saturated rings. The molecular weight excluding hydrogens is 257 g/mol. The summed E-state index contributed by atoms with van der Waals surface area (Å²) in [5.41, 5.74) is 0.633. The molecular formula is C16H22FNO2. The van der Waals surface area contributed by atoms with Crippen molar-refractivity contribution in [3.8, 4) is 0 Å². The van der Waals surface area contributed by atoms with Crippen LogP contribution in [0.25, 0.3) is 0 Å². The molecule has 1 aromatic rings. The fourth-order valence-electron chi connectivity index (χ4n) is 2.83. The number of carbonyl (C=O) groups is 1. The first-order valence-corrected chi connectivity index (χ1v) is 7.39. The van der Waals surface area contributed by atoms with Gasteiger partial charge in [-0.25, -0.2) is 9.18 Å². The van der Waals surface area contributed by atoms with E-state index < -0.39 is 0 Å². The molecule has 2 rings (SSSR count). The van der Waals surface area contributed by atoms with Crippen LogP contribution in [0.15, 0.2) is 24.3 Å². The van der Waals surface area contributed by atoms with Gasteiger partial charge in [-0.15, -0.1) is 0 Å². The average Bonchev–Trinajstić information content (AvgIpc) is 2.46. The molecule has 0 heterocycles. The number of anilines is 1. The standard InChI is InChI=1S/C16H22FNO2/c1-2-20-16(19)15(12-7-4-3-5-8-12)18-14-10-6-9-13(17)11-14/h6,9-12,15,18H,2-5,7-8H2,1H3. The van der Waals surface area contributed by atoms with Gasteiger partial charge in [-0.05, 0) is 43.9 Å². The molecule has 1 aromatic carbocycles. The molecule has 0 bridgehead atoms. The van der Waals surface area contributed by atoms with Crippen molar-refractivity contribution in [2.45, 2.75) is 45.1 Å². The highest BCUT2D eigenvalue weighted by Gasteiger charge is 2.30. The Labute approximate surface area is 119 Å². The highest BCUT2D eigenvalue weighted by molar-refractivity contribution is 5.79. The Morgan fingerprint density at radius 3 is 2.80 bits per heavy atom. The van der Waals surface area contributed by atoms with Crippen molar-refractivity contribution in [3.63, 3.8) is 0 Å². The monoisotopic (exact) mass is 279 g/mol. The van der Waals surface area contributed by atoms with Crippen molar-refractivity contribution in [1.29, 1.82) is 0 Å². The highest BCUT2D eigenvalue weighted by Crippen LogP contribution is 2.29. The average molecular weight is 279 g/mol. The van der Waals surface area contributed by atoms with Gasteiger partial charge in [0.05, 0.1) is 6.61 Å². The van der Waals surface area contributed by atoms with E-state index in [1.54, 1.807) is 19.1 Å². The summed E-state index contributed by atoms with van der Waals surface area (Å²) in [4.78, 5) is 12.2. The van der Waals surface area contributed by atoms with Gasteiger partial charge in [0.15, 0.2) is 0 Å². The summed E-state index contributed by atoms with van der Waals surface area (Å²) in [6.45, 7) is 2.17. The molecule has 1 aliphatic carbocycles. The Bertz CT molecular complexity index is 444. The molecule has 1 N–H and O–H groups in total. The summed E-state index contributed by atoms with van der Waals surface area (Å²) in [6, 6.07) is 5.84. The van der Waals surface area contributed by atoms with Crippen LogP contribution >= 0.6 is 0 Å². The Morgan fingerprint density at radius 2 is 2.15 bits per heavy atom. The molecule has 20 heavy (non-hydrogen) atoms. The van der Waals surface area contributed by atoms with Crippen LogP contribution < -0.4 is 5.32 Å². The number of hydrogen-bond acceptors (Lipinski definition) is 3. The molecule has 0 radical (unpaired) electrons. The van der Waals surface area contributed by atoms with Crippen molar-refractivity contribution in [1.82, 2.24) is 0 Å². The summed E-state index contributed by atoms with van der Waals surface area (Å²) in [6.07, 6.45) is 5.56. The number of hydrogen-bond donors (Lipinski definition) is 1. The molecule has 0 saturated heterocycles. The normalized spacial score (nSPS) is 17.5. The third-order valence-corrected chi connectivity index (χ3v) is 3.81. The summed E-state index contributed by atoms with van der Waals surface area (Å²) < 4.78 is 18.4. The largest absolute Gasteiger partial charge is 0.464 e. The number of nitrogens with one attached hydrogen (secondary N) is 1. The molecule has 1 aliphatic rings. The molecule has 4 heteroatoms. The molecule has 1 atom stereocenters. The number of rotatable bonds is 5. The van der Waals surface area contributed by atoms with E-state index in [9.17, 15) is 9.18 Å². The fraction of sp³-hybridized carbons (Fsp3) is 0.562. The molecule has 1 saturated carbocycles. The first kappa shape index (κ1) is 14.8. The second kappa shape index (κ2) is 7.27. The van der Waals surface area contributed by atoms with E-state index in [2.05, 4.69) is 5.32 Å². The predicted molar refractivity (Wildman–Crippen MR) is 77.0 cm³/mol. The van der Waals surface area contributed by atoms with E-state index in [4.69, 9.17) is 4.74 Å². The van der Waals surface area contributed by atoms with Crippen LogP contribution in [0.5, 0.6) is 0 Å². The molecule has 0 spiro atoms. The number of carbonyl (C=O) groups excluding carboxylic acids is 1. The first-order chi connectivity index (χ1) is 9.70. The van der Waals surface area contributed by atoms with Crippen molar-refractivity contribution >= 4 is 11.7 Å². The molecule has 0 aliphatic heterocycles. The number of benzene rings is 1. The van der Waals surface area contributed by atoms with Gasteiger partial charge in [-0.3, -0.25) is 0 Å². The van der Waals surface area contributed by atoms with Gasteiger partial charge in [0.25, 0.3) is 0 Å². The number of halogens is 1. The fourth-order valence-corrected chi connectivity index (χ4v) is 2.83. The minimum absolute atomic E-state index is 0.233. The predicted octanol–water partition coefficient (Wildman–Crippen LogP) is 3.75. The topological polar surface area (TPSA) is 38.3 Å². The third-order valence-electron chi connectivity index (χ3n) is 3.81. The summed E-state index contributed by atoms with van der Waals surface area (Å²) in [5, 5.41) is 3.16. The van der Waals surface area contributed by atoms with E-state index in [1.807, 2.05) is 0 Å². The van der Waals surface area contributed by atoms with Crippen LogP contribution in [0.2, 0.25) is 0 Å². The van der Waals surface area contributed by atoms with E-state index >= 15 is 0 Å². The summed E-state index contributed by atoms with van der Waals surface area (Å²) in [5.74, 6) is -0.268. The van der Waals surface area contributed by atoms with Gasteiger partial charge in [-0.2, -0.15) is 0 Å². The summed E-state index contributed by atoms with van der Waals surface area (Å²) in [7, 11) is 0. The van der Waals surface area contributed by atoms with Crippen LogP contribution in [0, 0.1) is 11.7 Å². The molecule has 110 valence electrons. The third kappa shape index (κ3) is 3.95. The number of ether oxygens (including phenoxy) is 1. The lowest BCUT2D eigenvalue weighted by atomic mass is 9.83. The van der Waals surface area contributed by atoms with E-state index in [0.717, 1.165) is 25.7 Å². The Kier molecular flexibility index (Phi) is 5.39. The van der Waals surface area contributed by atoms with E-state index in [1.165, 1.54) is 18.6 Å². The Morgan fingerprint density at radius 1 is 1.40 bits per heavy atom. The van der Waals surface area contributed by atoms with Gasteiger partial charge in [0.2, 0.25) is 0 Å². The van der Waals surface area contributed by atoms with Crippen LogP contribution in [0.4, 0.5) is 10.1 Å². The quantitative estimate of drug-likeness (QED) is 0.834. The maximum Gasteiger partial charge on any atom is 0.328 e. The Hall–Kier alpha value is -1.58. The maximum atomic E-state index is 13.3. The van der Waals surface area contributed by atoms with Crippen molar-refractivity contribution in [2.24, 2.45) is 5.92 Å². The lowest BCUT2D eigenvalue weighted by Crippen LogP contribution is -2.39. The second-order valence-corrected chi connectivity index (χ2v) is 5.28. The van der Waals surface area contributed by atoms with Gasteiger partial charge in [-0.1, -0.05) is 25.3 Å². The lowest BCUT2D eigenvalue weighted by Gasteiger charge is -2.30. The van der Waals surface area contributed by atoms with Gasteiger partial charge >= 0.3 is 5.97 Å². The first-order valence-electron chi connectivity index (χ1n) is 7.39. The smallest absolute Gasteiger partial charge is 0.328 e.